The fourth-order valence-electron chi connectivity index (χ4n) is 2.45. The Hall–Kier alpha value is -3.06. The molecule has 28 heavy (non-hydrogen) atoms. The lowest BCUT2D eigenvalue weighted by atomic mass is 10.1. The van der Waals surface area contributed by atoms with Gasteiger partial charge in [0.2, 0.25) is 0 Å². The van der Waals surface area contributed by atoms with Gasteiger partial charge in [0.1, 0.15) is 11.5 Å². The van der Waals surface area contributed by atoms with E-state index in [9.17, 15) is 18.0 Å². The molecule has 3 aromatic rings. The zero-order valence-electron chi connectivity index (χ0n) is 14.5. The quantitative estimate of drug-likeness (QED) is 0.447. The summed E-state index contributed by atoms with van der Waals surface area (Å²) in [4.78, 5) is 12.1. The molecule has 0 unspecified atom stereocenters. The molecule has 4 nitrogen and oxygen atoms in total. The van der Waals surface area contributed by atoms with Crippen LogP contribution in [0.15, 0.2) is 64.1 Å². The molecule has 0 aliphatic rings. The molecule has 0 radical (unpaired) electrons. The Morgan fingerprint density at radius 3 is 2.64 bits per heavy atom. The van der Waals surface area contributed by atoms with Gasteiger partial charge < -0.3 is 4.42 Å². The van der Waals surface area contributed by atoms with Gasteiger partial charge in [0, 0.05) is 5.56 Å². The molecule has 2 aromatic carbocycles. The van der Waals surface area contributed by atoms with Crippen molar-refractivity contribution in [2.24, 2.45) is 5.10 Å². The number of hydrazone groups is 1. The molecule has 3 rings (SSSR count). The summed E-state index contributed by atoms with van der Waals surface area (Å²) in [6, 6.07) is 12.9. The molecule has 0 saturated heterocycles. The zero-order valence-corrected chi connectivity index (χ0v) is 15.3. The zero-order chi connectivity index (χ0) is 20.3. The first-order valence-corrected chi connectivity index (χ1v) is 8.49. The number of hydrogen-bond donors (Lipinski definition) is 1. The number of halogens is 4. The van der Waals surface area contributed by atoms with Crippen molar-refractivity contribution in [1.29, 1.82) is 0 Å². The SMILES string of the molecule is Cc1ccc(C(=O)NN=Cc2ccc(-c3cccc(C(F)(F)F)c3)o2)c(Cl)c1. The molecular formula is C20H14ClF3N2O2. The lowest BCUT2D eigenvalue weighted by molar-refractivity contribution is -0.137. The van der Waals surface area contributed by atoms with Crippen molar-refractivity contribution in [2.75, 3.05) is 0 Å². The number of nitrogens with zero attached hydrogens (tertiary/aromatic N) is 1. The Kier molecular flexibility index (Phi) is 5.56. The first-order chi connectivity index (χ1) is 13.2. The van der Waals surface area contributed by atoms with Crippen LogP contribution in [0.5, 0.6) is 0 Å². The van der Waals surface area contributed by atoms with Gasteiger partial charge in [-0.3, -0.25) is 4.79 Å². The van der Waals surface area contributed by atoms with Gasteiger partial charge >= 0.3 is 6.18 Å². The number of carbonyl (C=O) groups is 1. The highest BCUT2D eigenvalue weighted by Crippen LogP contribution is 2.32. The Balaban J connectivity index is 1.70. The number of benzene rings is 2. The highest BCUT2D eigenvalue weighted by atomic mass is 35.5. The van der Waals surface area contributed by atoms with Crippen molar-refractivity contribution in [3.05, 3.63) is 82.1 Å². The van der Waals surface area contributed by atoms with Crippen LogP contribution in [0.2, 0.25) is 5.02 Å². The minimum atomic E-state index is -4.44. The highest BCUT2D eigenvalue weighted by Gasteiger charge is 2.30. The molecule has 1 heterocycles. The van der Waals surface area contributed by atoms with Crippen molar-refractivity contribution < 1.29 is 22.4 Å². The molecule has 0 aliphatic carbocycles. The van der Waals surface area contributed by atoms with E-state index in [0.29, 0.717) is 5.02 Å². The second-order valence-corrected chi connectivity index (χ2v) is 6.37. The Morgan fingerprint density at radius 2 is 1.93 bits per heavy atom. The predicted octanol–water partition coefficient (Wildman–Crippen LogP) is 5.69. The maximum Gasteiger partial charge on any atom is 0.416 e. The van der Waals surface area contributed by atoms with E-state index in [1.807, 2.05) is 6.92 Å². The number of carbonyl (C=O) groups excluding carboxylic acids is 1. The molecule has 0 fully saturated rings. The number of furan rings is 1. The third kappa shape index (κ3) is 4.61. The second kappa shape index (κ2) is 7.90. The maximum atomic E-state index is 12.8. The highest BCUT2D eigenvalue weighted by molar-refractivity contribution is 6.33. The lowest BCUT2D eigenvalue weighted by Gasteiger charge is -2.07. The average Bonchev–Trinajstić information content (AvgIpc) is 3.10. The summed E-state index contributed by atoms with van der Waals surface area (Å²) >= 11 is 6.02. The molecule has 0 atom stereocenters. The third-order valence-electron chi connectivity index (χ3n) is 3.83. The smallest absolute Gasteiger partial charge is 0.416 e. The van der Waals surface area contributed by atoms with Crippen LogP contribution in [0.4, 0.5) is 13.2 Å². The fraction of sp³-hybridized carbons (Fsp3) is 0.100. The van der Waals surface area contributed by atoms with Gasteiger partial charge in [-0.05, 0) is 48.9 Å². The normalized spacial score (nSPS) is 11.8. The number of alkyl halides is 3. The van der Waals surface area contributed by atoms with Crippen LogP contribution in [0.25, 0.3) is 11.3 Å². The van der Waals surface area contributed by atoms with Crippen LogP contribution >= 0.6 is 11.6 Å². The van der Waals surface area contributed by atoms with Crippen molar-refractivity contribution in [2.45, 2.75) is 13.1 Å². The number of nitrogens with one attached hydrogen (secondary N) is 1. The number of rotatable bonds is 4. The van der Waals surface area contributed by atoms with Gasteiger partial charge in [-0.15, -0.1) is 0 Å². The van der Waals surface area contributed by atoms with Gasteiger partial charge in [-0.2, -0.15) is 18.3 Å². The average molecular weight is 407 g/mol. The third-order valence-corrected chi connectivity index (χ3v) is 4.14. The van der Waals surface area contributed by atoms with E-state index in [2.05, 4.69) is 10.5 Å². The second-order valence-electron chi connectivity index (χ2n) is 5.96. The molecule has 0 bridgehead atoms. The Labute approximate surface area is 163 Å². The molecular weight excluding hydrogens is 393 g/mol. The standard InChI is InChI=1S/C20H14ClF3N2O2/c1-12-5-7-16(17(21)9-12)19(27)26-25-11-15-6-8-18(28-15)13-3-2-4-14(10-13)20(22,23)24/h2-11H,1H3,(H,26,27). The molecule has 1 amide bonds. The summed E-state index contributed by atoms with van der Waals surface area (Å²) in [5.74, 6) is 0.0223. The first kappa shape index (κ1) is 19.7. The summed E-state index contributed by atoms with van der Waals surface area (Å²) in [5.41, 5.74) is 3.03. The van der Waals surface area contributed by atoms with Crippen molar-refractivity contribution in [1.82, 2.24) is 5.43 Å². The maximum absolute atomic E-state index is 12.8. The summed E-state index contributed by atoms with van der Waals surface area (Å²) in [7, 11) is 0. The largest absolute Gasteiger partial charge is 0.455 e. The van der Waals surface area contributed by atoms with E-state index in [4.69, 9.17) is 16.0 Å². The van der Waals surface area contributed by atoms with Crippen molar-refractivity contribution in [3.8, 4) is 11.3 Å². The van der Waals surface area contributed by atoms with Crippen LogP contribution in [-0.2, 0) is 6.18 Å². The van der Waals surface area contributed by atoms with E-state index in [1.54, 1.807) is 18.2 Å². The molecule has 1 N–H and O–H groups in total. The van der Waals surface area contributed by atoms with Crippen LogP contribution in [0.1, 0.15) is 27.2 Å². The van der Waals surface area contributed by atoms with Crippen molar-refractivity contribution >= 4 is 23.7 Å². The summed E-state index contributed by atoms with van der Waals surface area (Å²) < 4.78 is 43.9. The summed E-state index contributed by atoms with van der Waals surface area (Å²) in [6.45, 7) is 1.85. The lowest BCUT2D eigenvalue weighted by Crippen LogP contribution is -2.18. The molecule has 0 saturated carbocycles. The topological polar surface area (TPSA) is 54.6 Å². The van der Waals surface area contributed by atoms with Crippen molar-refractivity contribution in [3.63, 3.8) is 0 Å². The number of hydrogen-bond acceptors (Lipinski definition) is 3. The van der Waals surface area contributed by atoms with E-state index < -0.39 is 17.6 Å². The summed E-state index contributed by atoms with van der Waals surface area (Å²) in [5, 5.41) is 4.09. The Morgan fingerprint density at radius 1 is 1.14 bits per heavy atom. The van der Waals surface area contributed by atoms with Crippen LogP contribution in [-0.4, -0.2) is 12.1 Å². The van der Waals surface area contributed by atoms with Gasteiger partial charge in [0.15, 0.2) is 0 Å². The molecule has 1 aromatic heterocycles. The van der Waals surface area contributed by atoms with E-state index in [0.717, 1.165) is 17.7 Å². The molecule has 8 heteroatoms. The molecule has 0 aliphatic heterocycles. The molecule has 0 spiro atoms. The van der Waals surface area contributed by atoms with E-state index in [-0.39, 0.29) is 22.6 Å². The van der Waals surface area contributed by atoms with Crippen LogP contribution < -0.4 is 5.43 Å². The first-order valence-electron chi connectivity index (χ1n) is 8.11. The fourth-order valence-corrected chi connectivity index (χ4v) is 2.77. The van der Waals surface area contributed by atoms with Gasteiger partial charge in [0.05, 0.1) is 22.4 Å². The van der Waals surface area contributed by atoms with E-state index in [1.165, 1.54) is 30.5 Å². The van der Waals surface area contributed by atoms with Crippen LogP contribution in [0.3, 0.4) is 0 Å². The predicted molar refractivity (Wildman–Crippen MR) is 100 cm³/mol. The monoisotopic (exact) mass is 406 g/mol. The van der Waals surface area contributed by atoms with Crippen LogP contribution in [0, 0.1) is 6.92 Å². The van der Waals surface area contributed by atoms with Gasteiger partial charge in [-0.1, -0.05) is 29.8 Å². The van der Waals surface area contributed by atoms with Gasteiger partial charge in [-0.25, -0.2) is 5.43 Å². The molecule has 144 valence electrons. The van der Waals surface area contributed by atoms with Gasteiger partial charge in [0.25, 0.3) is 5.91 Å². The minimum absolute atomic E-state index is 0.250. The van der Waals surface area contributed by atoms with E-state index >= 15 is 0 Å². The summed E-state index contributed by atoms with van der Waals surface area (Å²) in [6.07, 6.45) is -3.19. The number of aryl methyl sites for hydroxylation is 1. The minimum Gasteiger partial charge on any atom is -0.455 e. The Bertz CT molecular complexity index is 1040. The number of amides is 1.